The normalized spacial score (nSPS) is 10.9. The minimum absolute atomic E-state index is 0.124. The van der Waals surface area contributed by atoms with E-state index in [2.05, 4.69) is 19.0 Å². The summed E-state index contributed by atoms with van der Waals surface area (Å²) in [6.45, 7) is 7.03. The molecular weight excluding hydrogens is 264 g/mol. The summed E-state index contributed by atoms with van der Waals surface area (Å²) in [5, 5.41) is 3.99. The predicted molar refractivity (Wildman–Crippen MR) is 83.1 cm³/mol. The first-order chi connectivity index (χ1) is 9.97. The van der Waals surface area contributed by atoms with Crippen LogP contribution >= 0.6 is 0 Å². The fraction of sp³-hybridized carbons (Fsp3) is 0.412. The summed E-state index contributed by atoms with van der Waals surface area (Å²) in [5.41, 5.74) is 2.83. The van der Waals surface area contributed by atoms with Crippen LogP contribution in [0.5, 0.6) is 0 Å². The van der Waals surface area contributed by atoms with Gasteiger partial charge < -0.3 is 9.42 Å². The minimum atomic E-state index is -0.124. The molecule has 0 atom stereocenters. The second-order valence-corrected chi connectivity index (χ2v) is 5.85. The molecule has 0 bridgehead atoms. The summed E-state index contributed by atoms with van der Waals surface area (Å²) >= 11 is 0. The van der Waals surface area contributed by atoms with Crippen LogP contribution in [0.3, 0.4) is 0 Å². The second-order valence-electron chi connectivity index (χ2n) is 5.85. The van der Waals surface area contributed by atoms with Crippen LogP contribution in [-0.2, 0) is 0 Å². The van der Waals surface area contributed by atoms with E-state index in [-0.39, 0.29) is 11.7 Å². The first-order valence-electron chi connectivity index (χ1n) is 7.26. The fourth-order valence-electron chi connectivity index (χ4n) is 1.98. The molecule has 21 heavy (non-hydrogen) atoms. The van der Waals surface area contributed by atoms with E-state index in [0.29, 0.717) is 11.6 Å². The number of hydrogen-bond acceptors (Lipinski definition) is 3. The molecule has 4 nitrogen and oxygen atoms in total. The van der Waals surface area contributed by atoms with Crippen LogP contribution in [0.15, 0.2) is 34.9 Å². The van der Waals surface area contributed by atoms with Crippen molar-refractivity contribution in [3.8, 4) is 11.3 Å². The van der Waals surface area contributed by atoms with Gasteiger partial charge in [0.1, 0.15) is 5.69 Å². The van der Waals surface area contributed by atoms with Gasteiger partial charge in [0.15, 0.2) is 0 Å². The van der Waals surface area contributed by atoms with Crippen LogP contribution in [-0.4, -0.2) is 29.6 Å². The first-order valence-corrected chi connectivity index (χ1v) is 7.26. The van der Waals surface area contributed by atoms with E-state index < -0.39 is 0 Å². The lowest BCUT2D eigenvalue weighted by molar-refractivity contribution is 0.0748. The summed E-state index contributed by atoms with van der Waals surface area (Å²) < 4.78 is 5.20. The Labute approximate surface area is 125 Å². The molecule has 0 saturated carbocycles. The van der Waals surface area contributed by atoms with Gasteiger partial charge in [-0.2, -0.15) is 0 Å². The molecule has 0 aliphatic rings. The quantitative estimate of drug-likeness (QED) is 0.840. The molecule has 0 aliphatic carbocycles. The van der Waals surface area contributed by atoms with Crippen molar-refractivity contribution in [2.75, 3.05) is 13.6 Å². The Kier molecular flexibility index (Phi) is 4.78. The molecule has 0 fully saturated rings. The Morgan fingerprint density at radius 1 is 1.29 bits per heavy atom. The lowest BCUT2D eigenvalue weighted by Gasteiger charge is -2.16. The average Bonchev–Trinajstić information content (AvgIpc) is 2.94. The first kappa shape index (κ1) is 15.3. The highest BCUT2D eigenvalue weighted by Crippen LogP contribution is 2.20. The van der Waals surface area contributed by atoms with Gasteiger partial charge in [0, 0.05) is 25.2 Å². The Bertz CT molecular complexity index is 600. The van der Waals surface area contributed by atoms with Crippen LogP contribution in [0.1, 0.15) is 36.4 Å². The van der Waals surface area contributed by atoms with E-state index in [1.165, 1.54) is 5.56 Å². The largest absolute Gasteiger partial charge is 0.350 e. The summed E-state index contributed by atoms with van der Waals surface area (Å²) in [4.78, 5) is 13.9. The monoisotopic (exact) mass is 286 g/mol. The van der Waals surface area contributed by atoms with E-state index in [1.54, 1.807) is 18.0 Å². The second kappa shape index (κ2) is 6.57. The van der Waals surface area contributed by atoms with Gasteiger partial charge in [-0.25, -0.2) is 0 Å². The molecule has 2 rings (SSSR count). The molecular formula is C17H22N2O2. The molecule has 112 valence electrons. The molecule has 0 saturated heterocycles. The van der Waals surface area contributed by atoms with Gasteiger partial charge in [-0.1, -0.05) is 48.8 Å². The van der Waals surface area contributed by atoms with E-state index in [0.717, 1.165) is 18.5 Å². The number of aromatic nitrogens is 1. The number of rotatable bonds is 5. The molecule has 0 N–H and O–H groups in total. The van der Waals surface area contributed by atoms with E-state index >= 15 is 0 Å². The van der Waals surface area contributed by atoms with Crippen molar-refractivity contribution in [3.05, 3.63) is 41.7 Å². The SMILES string of the molecule is Cc1ccc(-c2cc(C(=O)N(C)CCC(C)C)on2)cc1. The van der Waals surface area contributed by atoms with Crippen LogP contribution in [0.2, 0.25) is 0 Å². The van der Waals surface area contributed by atoms with Crippen molar-refractivity contribution in [2.45, 2.75) is 27.2 Å². The van der Waals surface area contributed by atoms with Crippen molar-refractivity contribution in [2.24, 2.45) is 5.92 Å². The number of carbonyl (C=O) groups is 1. The Balaban J connectivity index is 2.08. The number of hydrogen-bond donors (Lipinski definition) is 0. The van der Waals surface area contributed by atoms with Crippen molar-refractivity contribution >= 4 is 5.91 Å². The summed E-state index contributed by atoms with van der Waals surface area (Å²) in [6.07, 6.45) is 0.973. The molecule has 2 aromatic rings. The summed E-state index contributed by atoms with van der Waals surface area (Å²) in [5.74, 6) is 0.733. The highest BCUT2D eigenvalue weighted by molar-refractivity contribution is 5.92. The Hall–Kier alpha value is -2.10. The predicted octanol–water partition coefficient (Wildman–Crippen LogP) is 3.77. The standard InChI is InChI=1S/C17H22N2O2/c1-12(2)9-10-19(4)17(20)16-11-15(18-21-16)14-7-5-13(3)6-8-14/h5-8,11-12H,9-10H2,1-4H3. The maximum Gasteiger partial charge on any atom is 0.292 e. The fourth-order valence-corrected chi connectivity index (χ4v) is 1.98. The molecule has 0 radical (unpaired) electrons. The van der Waals surface area contributed by atoms with E-state index in [1.807, 2.05) is 31.2 Å². The maximum atomic E-state index is 12.2. The number of benzene rings is 1. The van der Waals surface area contributed by atoms with Crippen molar-refractivity contribution in [1.82, 2.24) is 10.1 Å². The van der Waals surface area contributed by atoms with Crippen molar-refractivity contribution < 1.29 is 9.32 Å². The average molecular weight is 286 g/mol. The molecule has 1 heterocycles. The van der Waals surface area contributed by atoms with Crippen LogP contribution in [0.25, 0.3) is 11.3 Å². The highest BCUT2D eigenvalue weighted by Gasteiger charge is 2.18. The third kappa shape index (κ3) is 3.94. The number of amides is 1. The van der Waals surface area contributed by atoms with Gasteiger partial charge in [0.05, 0.1) is 0 Å². The van der Waals surface area contributed by atoms with Crippen LogP contribution in [0.4, 0.5) is 0 Å². The number of nitrogens with zero attached hydrogens (tertiary/aromatic N) is 2. The van der Waals surface area contributed by atoms with Gasteiger partial charge in [-0.05, 0) is 19.3 Å². The van der Waals surface area contributed by atoms with Crippen molar-refractivity contribution in [1.29, 1.82) is 0 Å². The van der Waals surface area contributed by atoms with E-state index in [4.69, 9.17) is 4.52 Å². The van der Waals surface area contributed by atoms with Crippen LogP contribution in [0, 0.1) is 12.8 Å². The molecule has 1 amide bonds. The Morgan fingerprint density at radius 2 is 1.95 bits per heavy atom. The smallest absolute Gasteiger partial charge is 0.292 e. The molecule has 0 aliphatic heterocycles. The molecule has 0 unspecified atom stereocenters. The summed E-state index contributed by atoms with van der Waals surface area (Å²) in [6, 6.07) is 9.69. The zero-order valence-corrected chi connectivity index (χ0v) is 13.1. The lowest BCUT2D eigenvalue weighted by atomic mass is 10.1. The van der Waals surface area contributed by atoms with Crippen molar-refractivity contribution in [3.63, 3.8) is 0 Å². The zero-order valence-electron chi connectivity index (χ0n) is 13.1. The van der Waals surface area contributed by atoms with Gasteiger partial charge in [-0.3, -0.25) is 4.79 Å². The van der Waals surface area contributed by atoms with E-state index in [9.17, 15) is 4.79 Å². The van der Waals surface area contributed by atoms with Gasteiger partial charge in [0.2, 0.25) is 5.76 Å². The third-order valence-corrected chi connectivity index (χ3v) is 3.46. The highest BCUT2D eigenvalue weighted by atomic mass is 16.5. The number of aryl methyl sites for hydroxylation is 1. The minimum Gasteiger partial charge on any atom is -0.350 e. The topological polar surface area (TPSA) is 46.3 Å². The van der Waals surface area contributed by atoms with Crippen LogP contribution < -0.4 is 0 Å². The molecule has 1 aromatic heterocycles. The molecule has 4 heteroatoms. The van der Waals surface area contributed by atoms with Gasteiger partial charge in [0.25, 0.3) is 5.91 Å². The number of carbonyl (C=O) groups excluding carboxylic acids is 1. The Morgan fingerprint density at radius 3 is 2.57 bits per heavy atom. The third-order valence-electron chi connectivity index (χ3n) is 3.46. The molecule has 0 spiro atoms. The maximum absolute atomic E-state index is 12.2. The van der Waals surface area contributed by atoms with Gasteiger partial charge in [-0.15, -0.1) is 0 Å². The van der Waals surface area contributed by atoms with Gasteiger partial charge >= 0.3 is 0 Å². The zero-order chi connectivity index (χ0) is 15.4. The lowest BCUT2D eigenvalue weighted by Crippen LogP contribution is -2.28. The molecule has 1 aromatic carbocycles. The summed E-state index contributed by atoms with van der Waals surface area (Å²) in [7, 11) is 1.79.